The summed E-state index contributed by atoms with van der Waals surface area (Å²) < 4.78 is 11.1. The molecule has 6 heteroatoms. The monoisotopic (exact) mass is 406 g/mol. The third-order valence-corrected chi connectivity index (χ3v) is 5.80. The Morgan fingerprint density at radius 2 is 2.07 bits per heavy atom. The van der Waals surface area contributed by atoms with Crippen LogP contribution in [0.2, 0.25) is 5.02 Å². The summed E-state index contributed by atoms with van der Waals surface area (Å²) in [5.41, 5.74) is 0.532. The summed E-state index contributed by atoms with van der Waals surface area (Å²) in [5, 5.41) is 3.28. The maximum absolute atomic E-state index is 12.1. The molecule has 1 amide bonds. The number of piperidine rings is 1. The Balaban J connectivity index is 1.45. The number of ether oxygens (including phenoxy) is 2. The number of halogens is 1. The van der Waals surface area contributed by atoms with Crippen molar-refractivity contribution in [1.29, 1.82) is 0 Å². The first-order valence-electron chi connectivity index (χ1n) is 10.3. The number of likely N-dealkylation sites (tertiary alicyclic amines) is 1. The topological polar surface area (TPSA) is 50.8 Å². The lowest BCUT2D eigenvalue weighted by atomic mass is 9.93. The fourth-order valence-electron chi connectivity index (χ4n) is 3.88. The molecule has 1 aliphatic heterocycles. The molecular weight excluding hydrogens is 376 g/mol. The molecule has 1 aromatic rings. The quantitative estimate of drug-likeness (QED) is 0.525. The third-order valence-electron chi connectivity index (χ3n) is 5.51. The lowest BCUT2D eigenvalue weighted by Crippen LogP contribution is -2.40. The van der Waals surface area contributed by atoms with E-state index in [9.17, 15) is 4.79 Å². The first kappa shape index (κ1) is 21.2. The van der Waals surface area contributed by atoms with Gasteiger partial charge in [0.05, 0.1) is 11.6 Å². The molecule has 1 aliphatic carbocycles. The predicted molar refractivity (Wildman–Crippen MR) is 112 cm³/mol. The Hall–Kier alpha value is -1.56. The molecule has 0 saturated carbocycles. The minimum atomic E-state index is -0.156. The molecule has 1 N–H and O–H groups in total. The van der Waals surface area contributed by atoms with E-state index in [1.165, 1.54) is 25.8 Å². The number of allylic oxidation sites excluding steroid dienone is 2. The van der Waals surface area contributed by atoms with Gasteiger partial charge in [0.1, 0.15) is 11.9 Å². The summed E-state index contributed by atoms with van der Waals surface area (Å²) in [5.74, 6) is 1.31. The summed E-state index contributed by atoms with van der Waals surface area (Å²) in [4.78, 5) is 14.7. The van der Waals surface area contributed by atoms with Gasteiger partial charge in [-0.1, -0.05) is 23.8 Å². The minimum Gasteiger partial charge on any atom is -0.489 e. The number of nitrogens with one attached hydrogen (secondary N) is 1. The normalized spacial score (nSPS) is 20.9. The van der Waals surface area contributed by atoms with Crippen LogP contribution in [0.4, 0.5) is 0 Å². The van der Waals surface area contributed by atoms with Gasteiger partial charge in [-0.3, -0.25) is 4.79 Å². The van der Waals surface area contributed by atoms with E-state index >= 15 is 0 Å². The van der Waals surface area contributed by atoms with Crippen LogP contribution in [-0.2, 0) is 4.74 Å². The second-order valence-corrected chi connectivity index (χ2v) is 8.07. The number of methoxy groups -OCH3 is 1. The highest BCUT2D eigenvalue weighted by Gasteiger charge is 2.23. The van der Waals surface area contributed by atoms with Gasteiger partial charge in [-0.2, -0.15) is 0 Å². The van der Waals surface area contributed by atoms with Crippen LogP contribution >= 0.6 is 11.6 Å². The van der Waals surface area contributed by atoms with Crippen molar-refractivity contribution in [2.24, 2.45) is 5.92 Å². The molecule has 3 rings (SSSR count). The Morgan fingerprint density at radius 1 is 1.25 bits per heavy atom. The standard InChI is InChI=1S/C22H31ClN2O3/c1-27-14-11-24-22(26)18-7-8-21(20(23)15-18)28-19-9-12-25(13-10-19)16-17-5-3-2-4-6-17/h2-3,7-8,15,17,19H,4-6,9-14,16H2,1H3,(H,24,26). The van der Waals surface area contributed by atoms with Crippen LogP contribution in [0.25, 0.3) is 0 Å². The van der Waals surface area contributed by atoms with E-state index in [-0.39, 0.29) is 12.0 Å². The number of amides is 1. The highest BCUT2D eigenvalue weighted by atomic mass is 35.5. The second-order valence-electron chi connectivity index (χ2n) is 7.66. The Labute approximate surface area is 173 Å². The molecule has 28 heavy (non-hydrogen) atoms. The summed E-state index contributed by atoms with van der Waals surface area (Å²) in [6.07, 6.45) is 10.6. The van der Waals surface area contributed by atoms with Crippen LogP contribution < -0.4 is 10.1 Å². The largest absolute Gasteiger partial charge is 0.489 e. The van der Waals surface area contributed by atoms with E-state index in [1.54, 1.807) is 25.3 Å². The number of benzene rings is 1. The number of carbonyl (C=O) groups is 1. The van der Waals surface area contributed by atoms with E-state index in [0.717, 1.165) is 31.8 Å². The molecule has 5 nitrogen and oxygen atoms in total. The molecule has 1 unspecified atom stereocenters. The molecule has 2 aliphatic rings. The molecule has 0 bridgehead atoms. The van der Waals surface area contributed by atoms with Crippen molar-refractivity contribution in [3.8, 4) is 5.75 Å². The minimum absolute atomic E-state index is 0.156. The summed E-state index contributed by atoms with van der Waals surface area (Å²) >= 11 is 6.36. The number of nitrogens with zero attached hydrogens (tertiary/aromatic N) is 1. The summed E-state index contributed by atoms with van der Waals surface area (Å²) in [6, 6.07) is 5.23. The average molecular weight is 407 g/mol. The van der Waals surface area contributed by atoms with Gasteiger partial charge < -0.3 is 19.7 Å². The fourth-order valence-corrected chi connectivity index (χ4v) is 4.11. The maximum Gasteiger partial charge on any atom is 0.251 e. The zero-order chi connectivity index (χ0) is 19.8. The Kier molecular flexibility index (Phi) is 8.19. The zero-order valence-corrected chi connectivity index (χ0v) is 17.4. The number of carbonyl (C=O) groups excluding carboxylic acids is 1. The van der Waals surface area contributed by atoms with Crippen LogP contribution in [-0.4, -0.2) is 56.8 Å². The molecule has 154 valence electrons. The molecule has 1 fully saturated rings. The van der Waals surface area contributed by atoms with Crippen molar-refractivity contribution >= 4 is 17.5 Å². The van der Waals surface area contributed by atoms with E-state index in [2.05, 4.69) is 22.4 Å². The van der Waals surface area contributed by atoms with Gasteiger partial charge in [-0.15, -0.1) is 0 Å². The molecule has 1 aromatic carbocycles. The lowest BCUT2D eigenvalue weighted by molar-refractivity contribution is 0.0899. The van der Waals surface area contributed by atoms with Gasteiger partial charge in [-0.25, -0.2) is 0 Å². The van der Waals surface area contributed by atoms with Crippen molar-refractivity contribution in [2.45, 2.75) is 38.2 Å². The highest BCUT2D eigenvalue weighted by Crippen LogP contribution is 2.29. The zero-order valence-electron chi connectivity index (χ0n) is 16.7. The fraction of sp³-hybridized carbons (Fsp3) is 0.591. The third kappa shape index (κ3) is 6.23. The van der Waals surface area contributed by atoms with Crippen LogP contribution in [0, 0.1) is 5.92 Å². The molecule has 1 saturated heterocycles. The number of hydrogen-bond acceptors (Lipinski definition) is 4. The maximum atomic E-state index is 12.1. The number of hydrogen-bond donors (Lipinski definition) is 1. The van der Waals surface area contributed by atoms with Gasteiger partial charge in [0, 0.05) is 38.9 Å². The lowest BCUT2D eigenvalue weighted by Gasteiger charge is -2.34. The Morgan fingerprint density at radius 3 is 2.75 bits per heavy atom. The van der Waals surface area contributed by atoms with Gasteiger partial charge >= 0.3 is 0 Å². The van der Waals surface area contributed by atoms with Crippen LogP contribution in [0.1, 0.15) is 42.5 Å². The predicted octanol–water partition coefficient (Wildman–Crippen LogP) is 3.92. The molecule has 1 atom stereocenters. The summed E-state index contributed by atoms with van der Waals surface area (Å²) in [7, 11) is 1.60. The van der Waals surface area contributed by atoms with Crippen LogP contribution in [0.15, 0.2) is 30.4 Å². The highest BCUT2D eigenvalue weighted by molar-refractivity contribution is 6.32. The van der Waals surface area contributed by atoms with Crippen molar-refractivity contribution in [2.75, 3.05) is 39.9 Å². The second kappa shape index (κ2) is 10.8. The molecule has 1 heterocycles. The first-order chi connectivity index (χ1) is 13.7. The van der Waals surface area contributed by atoms with E-state index in [0.29, 0.717) is 29.5 Å². The van der Waals surface area contributed by atoms with E-state index < -0.39 is 0 Å². The van der Waals surface area contributed by atoms with Gasteiger partial charge in [0.2, 0.25) is 0 Å². The van der Waals surface area contributed by atoms with Crippen molar-refractivity contribution in [1.82, 2.24) is 10.2 Å². The van der Waals surface area contributed by atoms with Crippen LogP contribution in [0.5, 0.6) is 5.75 Å². The smallest absolute Gasteiger partial charge is 0.251 e. The van der Waals surface area contributed by atoms with Crippen molar-refractivity contribution in [3.63, 3.8) is 0 Å². The molecule has 0 aromatic heterocycles. The molecule has 0 radical (unpaired) electrons. The van der Waals surface area contributed by atoms with Crippen molar-refractivity contribution in [3.05, 3.63) is 40.9 Å². The molecule has 0 spiro atoms. The van der Waals surface area contributed by atoms with E-state index in [4.69, 9.17) is 21.1 Å². The SMILES string of the molecule is COCCNC(=O)c1ccc(OC2CCN(CC3CC=CCC3)CC2)c(Cl)c1. The van der Waals surface area contributed by atoms with Crippen molar-refractivity contribution < 1.29 is 14.3 Å². The first-order valence-corrected chi connectivity index (χ1v) is 10.6. The van der Waals surface area contributed by atoms with E-state index in [1.807, 2.05) is 0 Å². The molecular formula is C22H31ClN2O3. The van der Waals surface area contributed by atoms with Gasteiger partial charge in [-0.05, 0) is 56.2 Å². The van der Waals surface area contributed by atoms with Crippen LogP contribution in [0.3, 0.4) is 0 Å². The Bertz CT molecular complexity index is 672. The summed E-state index contributed by atoms with van der Waals surface area (Å²) in [6.45, 7) is 4.30. The van der Waals surface area contributed by atoms with Gasteiger partial charge in [0.15, 0.2) is 0 Å². The van der Waals surface area contributed by atoms with Gasteiger partial charge in [0.25, 0.3) is 5.91 Å². The average Bonchev–Trinajstić information content (AvgIpc) is 2.72. The number of rotatable bonds is 8.